The van der Waals surface area contributed by atoms with Gasteiger partial charge in [0, 0.05) is 0 Å². The standard InChI is InChI=1S/C15H15N5O3/c1-8-17-13(16)12-14(18-8)20(15(23)19-12)7-10-4-2-3-9(5-10)6-11(21)22/h2-5H,6-7H2,1H3,(H,19,23)(H,21,22)(H2,16,17,18). The SMILES string of the molecule is Cc1nc(N)c2nc(O)n(Cc3cccc(CC(=O)O)c3)c2n1. The van der Waals surface area contributed by atoms with Gasteiger partial charge >= 0.3 is 5.97 Å². The Hall–Kier alpha value is -3.16. The minimum absolute atomic E-state index is 0.0568. The van der Waals surface area contributed by atoms with Crippen molar-refractivity contribution >= 4 is 23.0 Å². The van der Waals surface area contributed by atoms with Gasteiger partial charge in [0.25, 0.3) is 6.01 Å². The van der Waals surface area contributed by atoms with E-state index in [-0.39, 0.29) is 18.2 Å². The number of anilines is 1. The largest absolute Gasteiger partial charge is 0.481 e. The van der Waals surface area contributed by atoms with E-state index in [0.29, 0.717) is 29.1 Å². The molecule has 2 aromatic heterocycles. The summed E-state index contributed by atoms with van der Waals surface area (Å²) in [5, 5.41) is 18.9. The highest BCUT2D eigenvalue weighted by molar-refractivity contribution is 5.82. The number of hydrogen-bond donors (Lipinski definition) is 3. The molecule has 0 spiro atoms. The summed E-state index contributed by atoms with van der Waals surface area (Å²) in [6.07, 6.45) is -0.0568. The van der Waals surface area contributed by atoms with Crippen molar-refractivity contribution in [2.75, 3.05) is 5.73 Å². The first-order chi connectivity index (χ1) is 10.9. The molecule has 2 heterocycles. The van der Waals surface area contributed by atoms with E-state index in [1.807, 2.05) is 6.07 Å². The lowest BCUT2D eigenvalue weighted by Gasteiger charge is -2.07. The zero-order valence-electron chi connectivity index (χ0n) is 12.4. The van der Waals surface area contributed by atoms with Crippen LogP contribution in [0.1, 0.15) is 17.0 Å². The van der Waals surface area contributed by atoms with Gasteiger partial charge in [0.1, 0.15) is 5.82 Å². The molecular formula is C15H15N5O3. The van der Waals surface area contributed by atoms with E-state index in [0.717, 1.165) is 5.56 Å². The fourth-order valence-electron chi connectivity index (χ4n) is 2.46. The number of rotatable bonds is 4. The maximum atomic E-state index is 10.8. The number of aryl methyl sites for hydroxylation is 1. The lowest BCUT2D eigenvalue weighted by atomic mass is 10.1. The molecule has 0 fully saturated rings. The molecular weight excluding hydrogens is 298 g/mol. The molecule has 0 aliphatic rings. The number of imidazole rings is 1. The van der Waals surface area contributed by atoms with Gasteiger partial charge in [0.15, 0.2) is 17.0 Å². The molecule has 3 rings (SSSR count). The minimum atomic E-state index is -0.894. The summed E-state index contributed by atoms with van der Waals surface area (Å²) in [5.41, 5.74) is 8.10. The number of carboxylic acid groups (broad SMARTS) is 1. The molecule has 0 aliphatic carbocycles. The zero-order chi connectivity index (χ0) is 16.6. The lowest BCUT2D eigenvalue weighted by Crippen LogP contribution is -2.04. The Balaban J connectivity index is 2.02. The molecule has 0 atom stereocenters. The van der Waals surface area contributed by atoms with Gasteiger partial charge < -0.3 is 15.9 Å². The Morgan fingerprint density at radius 2 is 2.00 bits per heavy atom. The normalized spacial score (nSPS) is 11.0. The van der Waals surface area contributed by atoms with E-state index in [9.17, 15) is 9.90 Å². The second kappa shape index (κ2) is 5.56. The summed E-state index contributed by atoms with van der Waals surface area (Å²) in [7, 11) is 0. The molecule has 0 unspecified atom stereocenters. The molecule has 8 heteroatoms. The molecule has 0 bridgehead atoms. The molecule has 4 N–H and O–H groups in total. The Morgan fingerprint density at radius 3 is 2.74 bits per heavy atom. The molecule has 0 radical (unpaired) electrons. The second-order valence-corrected chi connectivity index (χ2v) is 5.22. The molecule has 23 heavy (non-hydrogen) atoms. The van der Waals surface area contributed by atoms with Gasteiger partial charge in [-0.1, -0.05) is 24.3 Å². The van der Waals surface area contributed by atoms with E-state index in [1.165, 1.54) is 4.57 Å². The topological polar surface area (TPSA) is 127 Å². The number of fused-ring (bicyclic) bond motifs is 1. The molecule has 8 nitrogen and oxygen atoms in total. The number of nitrogens with two attached hydrogens (primary N) is 1. The Kier molecular flexibility index (Phi) is 3.57. The second-order valence-electron chi connectivity index (χ2n) is 5.22. The highest BCUT2D eigenvalue weighted by atomic mass is 16.4. The molecule has 0 saturated heterocycles. The Labute approximate surface area is 131 Å². The van der Waals surface area contributed by atoms with Crippen molar-refractivity contribution in [2.45, 2.75) is 19.9 Å². The molecule has 1 aromatic carbocycles. The van der Waals surface area contributed by atoms with Crippen LogP contribution in [0, 0.1) is 6.92 Å². The van der Waals surface area contributed by atoms with Crippen molar-refractivity contribution in [3.8, 4) is 6.01 Å². The fraction of sp³-hybridized carbons (Fsp3) is 0.200. The Bertz CT molecular complexity index is 904. The predicted molar refractivity (Wildman–Crippen MR) is 83.0 cm³/mol. The van der Waals surface area contributed by atoms with E-state index >= 15 is 0 Å². The van der Waals surface area contributed by atoms with E-state index in [2.05, 4.69) is 15.0 Å². The summed E-state index contributed by atoms with van der Waals surface area (Å²) in [6, 6.07) is 6.92. The minimum Gasteiger partial charge on any atom is -0.481 e. The number of benzene rings is 1. The number of aromatic nitrogens is 4. The number of aromatic hydroxyl groups is 1. The van der Waals surface area contributed by atoms with E-state index in [1.54, 1.807) is 25.1 Å². The lowest BCUT2D eigenvalue weighted by molar-refractivity contribution is -0.136. The van der Waals surface area contributed by atoms with Crippen molar-refractivity contribution < 1.29 is 15.0 Å². The molecule has 0 aliphatic heterocycles. The number of aliphatic carboxylic acids is 1. The monoisotopic (exact) mass is 313 g/mol. The van der Waals surface area contributed by atoms with E-state index < -0.39 is 5.97 Å². The molecule has 118 valence electrons. The first-order valence-electron chi connectivity index (χ1n) is 6.93. The maximum Gasteiger partial charge on any atom is 0.307 e. The summed E-state index contributed by atoms with van der Waals surface area (Å²) in [6.45, 7) is 2.00. The van der Waals surface area contributed by atoms with Gasteiger partial charge in [0.2, 0.25) is 0 Å². The maximum absolute atomic E-state index is 10.8. The van der Waals surface area contributed by atoms with Crippen molar-refractivity contribution in [1.29, 1.82) is 0 Å². The summed E-state index contributed by atoms with van der Waals surface area (Å²) >= 11 is 0. The zero-order valence-corrected chi connectivity index (χ0v) is 12.4. The van der Waals surface area contributed by atoms with Crippen LogP contribution >= 0.6 is 0 Å². The van der Waals surface area contributed by atoms with Gasteiger partial charge in [-0.15, -0.1) is 0 Å². The van der Waals surface area contributed by atoms with Gasteiger partial charge in [-0.3, -0.25) is 9.36 Å². The molecule has 3 aromatic rings. The van der Waals surface area contributed by atoms with Gasteiger partial charge in [-0.2, -0.15) is 4.98 Å². The smallest absolute Gasteiger partial charge is 0.307 e. The van der Waals surface area contributed by atoms with Crippen molar-refractivity contribution in [3.05, 3.63) is 41.2 Å². The number of nitrogen functional groups attached to an aromatic ring is 1. The molecule has 0 amide bonds. The average Bonchev–Trinajstić information content (AvgIpc) is 2.76. The highest BCUT2D eigenvalue weighted by Crippen LogP contribution is 2.24. The van der Waals surface area contributed by atoms with Crippen LogP contribution in [0.5, 0.6) is 6.01 Å². The predicted octanol–water partition coefficient (Wildman–Crippen LogP) is 1.10. The first kappa shape index (κ1) is 14.8. The third kappa shape index (κ3) is 2.91. The fourth-order valence-corrected chi connectivity index (χ4v) is 2.46. The van der Waals surface area contributed by atoms with Gasteiger partial charge in [-0.25, -0.2) is 9.97 Å². The third-order valence-corrected chi connectivity index (χ3v) is 3.40. The number of hydrogen-bond acceptors (Lipinski definition) is 6. The van der Waals surface area contributed by atoms with E-state index in [4.69, 9.17) is 10.8 Å². The quantitative estimate of drug-likeness (QED) is 0.658. The van der Waals surface area contributed by atoms with Gasteiger partial charge in [-0.05, 0) is 18.1 Å². The summed E-state index contributed by atoms with van der Waals surface area (Å²) in [4.78, 5) is 23.1. The average molecular weight is 313 g/mol. The highest BCUT2D eigenvalue weighted by Gasteiger charge is 2.15. The molecule has 0 saturated carbocycles. The third-order valence-electron chi connectivity index (χ3n) is 3.40. The van der Waals surface area contributed by atoms with Crippen LogP contribution in [-0.4, -0.2) is 35.7 Å². The number of nitrogens with zero attached hydrogens (tertiary/aromatic N) is 4. The van der Waals surface area contributed by atoms with Crippen LogP contribution < -0.4 is 5.73 Å². The Morgan fingerprint density at radius 1 is 1.26 bits per heavy atom. The van der Waals surface area contributed by atoms with Crippen molar-refractivity contribution in [2.24, 2.45) is 0 Å². The first-order valence-corrected chi connectivity index (χ1v) is 6.93. The van der Waals surface area contributed by atoms with Crippen LogP contribution in [0.25, 0.3) is 11.2 Å². The number of carbonyl (C=O) groups is 1. The van der Waals surface area contributed by atoms with Crippen LogP contribution in [0.2, 0.25) is 0 Å². The number of carboxylic acids is 1. The van der Waals surface area contributed by atoms with Crippen LogP contribution in [0.3, 0.4) is 0 Å². The van der Waals surface area contributed by atoms with Crippen LogP contribution in [0.15, 0.2) is 24.3 Å². The van der Waals surface area contributed by atoms with Crippen LogP contribution in [0.4, 0.5) is 5.82 Å². The summed E-state index contributed by atoms with van der Waals surface area (Å²) in [5.74, 6) is -0.203. The van der Waals surface area contributed by atoms with Crippen molar-refractivity contribution in [3.63, 3.8) is 0 Å². The van der Waals surface area contributed by atoms with Gasteiger partial charge in [0.05, 0.1) is 13.0 Å². The van der Waals surface area contributed by atoms with Crippen LogP contribution in [-0.2, 0) is 17.8 Å². The summed E-state index contributed by atoms with van der Waals surface area (Å²) < 4.78 is 1.51. The van der Waals surface area contributed by atoms with Crippen molar-refractivity contribution in [1.82, 2.24) is 19.5 Å².